The number of rotatable bonds is 5. The van der Waals surface area contributed by atoms with Crippen molar-refractivity contribution in [3.8, 4) is 0 Å². The molecule has 2 amide bonds. The third-order valence-corrected chi connectivity index (χ3v) is 5.56. The third kappa shape index (κ3) is 4.56. The molecule has 0 aliphatic carbocycles. The Morgan fingerprint density at radius 1 is 1.08 bits per heavy atom. The van der Waals surface area contributed by atoms with Gasteiger partial charge in [0.15, 0.2) is 0 Å². The maximum absolute atomic E-state index is 12.1. The molecule has 3 N–H and O–H groups in total. The van der Waals surface area contributed by atoms with E-state index in [0.29, 0.717) is 5.69 Å². The van der Waals surface area contributed by atoms with Gasteiger partial charge in [0.25, 0.3) is 0 Å². The first-order valence-electron chi connectivity index (χ1n) is 7.19. The molecule has 0 aliphatic heterocycles. The van der Waals surface area contributed by atoms with Crippen LogP contribution in [0.2, 0.25) is 0 Å². The van der Waals surface area contributed by atoms with Crippen molar-refractivity contribution in [3.05, 3.63) is 58.6 Å². The Kier molecular flexibility index (Phi) is 5.98. The molecule has 0 bridgehead atoms. The largest absolute Gasteiger partial charge is 0.331 e. The van der Waals surface area contributed by atoms with Crippen molar-refractivity contribution < 1.29 is 13.2 Å². The van der Waals surface area contributed by atoms with Crippen LogP contribution >= 0.6 is 15.9 Å². The normalized spacial score (nSPS) is 12.5. The summed E-state index contributed by atoms with van der Waals surface area (Å²) in [6, 6.07) is 13.0. The number of anilines is 1. The lowest BCUT2D eigenvalue weighted by Crippen LogP contribution is -2.31. The van der Waals surface area contributed by atoms with Gasteiger partial charge >= 0.3 is 6.03 Å². The van der Waals surface area contributed by atoms with Gasteiger partial charge in [-0.25, -0.2) is 17.9 Å². The Balaban J connectivity index is 2.01. The zero-order chi connectivity index (χ0) is 17.7. The van der Waals surface area contributed by atoms with Crippen molar-refractivity contribution in [1.29, 1.82) is 0 Å². The van der Waals surface area contributed by atoms with Gasteiger partial charge < -0.3 is 10.6 Å². The first-order chi connectivity index (χ1) is 11.3. The zero-order valence-electron chi connectivity index (χ0n) is 13.2. The number of benzene rings is 2. The molecule has 2 aromatic carbocycles. The molecule has 0 saturated carbocycles. The van der Waals surface area contributed by atoms with Crippen molar-refractivity contribution in [2.45, 2.75) is 17.9 Å². The number of hydrogen-bond donors (Lipinski definition) is 3. The summed E-state index contributed by atoms with van der Waals surface area (Å²) in [4.78, 5) is 12.2. The Bertz CT molecular complexity index is 823. The van der Waals surface area contributed by atoms with Crippen molar-refractivity contribution in [1.82, 2.24) is 10.0 Å². The van der Waals surface area contributed by atoms with Crippen LogP contribution in [0.15, 0.2) is 57.9 Å². The molecule has 0 saturated heterocycles. The Morgan fingerprint density at radius 3 is 2.29 bits per heavy atom. The predicted octanol–water partition coefficient (Wildman–Crippen LogP) is 3.24. The van der Waals surface area contributed by atoms with E-state index in [-0.39, 0.29) is 17.0 Å². The highest BCUT2D eigenvalue weighted by atomic mass is 79.9. The second-order valence-corrected chi connectivity index (χ2v) is 7.81. The summed E-state index contributed by atoms with van der Waals surface area (Å²) in [6.07, 6.45) is 0. The Morgan fingerprint density at radius 2 is 1.71 bits per heavy atom. The van der Waals surface area contributed by atoms with Crippen LogP contribution in [0.1, 0.15) is 18.5 Å². The summed E-state index contributed by atoms with van der Waals surface area (Å²) in [6.45, 7) is 1.88. The number of carbonyl (C=O) groups is 1. The second-order valence-electron chi connectivity index (χ2n) is 5.07. The van der Waals surface area contributed by atoms with E-state index in [1.165, 1.54) is 31.3 Å². The van der Waals surface area contributed by atoms with E-state index < -0.39 is 10.0 Å². The van der Waals surface area contributed by atoms with E-state index in [1.807, 2.05) is 31.2 Å². The first-order valence-corrected chi connectivity index (χ1v) is 9.46. The van der Waals surface area contributed by atoms with Crippen LogP contribution in [0.5, 0.6) is 0 Å². The molecule has 1 atom stereocenters. The van der Waals surface area contributed by atoms with Gasteiger partial charge in [0.05, 0.1) is 10.9 Å². The fraction of sp³-hybridized carbons (Fsp3) is 0.188. The molecule has 6 nitrogen and oxygen atoms in total. The number of halogens is 1. The molecule has 24 heavy (non-hydrogen) atoms. The van der Waals surface area contributed by atoms with Crippen LogP contribution in [0.4, 0.5) is 10.5 Å². The smallest absolute Gasteiger partial charge is 0.319 e. The summed E-state index contributed by atoms with van der Waals surface area (Å²) >= 11 is 3.45. The molecule has 0 heterocycles. The monoisotopic (exact) mass is 411 g/mol. The van der Waals surface area contributed by atoms with Crippen LogP contribution in [-0.2, 0) is 10.0 Å². The lowest BCUT2D eigenvalue weighted by molar-refractivity contribution is 0.249. The molecule has 0 radical (unpaired) electrons. The Hall–Kier alpha value is -1.90. The van der Waals surface area contributed by atoms with Gasteiger partial charge in [-0.3, -0.25) is 0 Å². The number of amides is 2. The maximum atomic E-state index is 12.1. The quantitative estimate of drug-likeness (QED) is 0.705. The average Bonchev–Trinajstić information content (AvgIpc) is 2.55. The molecule has 128 valence electrons. The number of sulfonamides is 1. The van der Waals surface area contributed by atoms with Gasteiger partial charge in [-0.05, 0) is 49.9 Å². The van der Waals surface area contributed by atoms with E-state index in [9.17, 15) is 13.2 Å². The molecule has 0 aliphatic rings. The van der Waals surface area contributed by atoms with Gasteiger partial charge in [0.1, 0.15) is 0 Å². The highest BCUT2D eigenvalue weighted by molar-refractivity contribution is 9.10. The molecule has 0 spiro atoms. The molecule has 1 unspecified atom stereocenters. The van der Waals surface area contributed by atoms with E-state index in [1.54, 1.807) is 0 Å². The zero-order valence-corrected chi connectivity index (χ0v) is 15.6. The van der Waals surface area contributed by atoms with Gasteiger partial charge in [0.2, 0.25) is 10.0 Å². The van der Waals surface area contributed by atoms with Crippen molar-refractivity contribution in [3.63, 3.8) is 0 Å². The fourth-order valence-corrected chi connectivity index (χ4v) is 3.46. The number of hydrogen-bond acceptors (Lipinski definition) is 3. The second kappa shape index (κ2) is 7.78. The highest BCUT2D eigenvalue weighted by Crippen LogP contribution is 2.22. The van der Waals surface area contributed by atoms with Crippen molar-refractivity contribution in [2.75, 3.05) is 12.4 Å². The van der Waals surface area contributed by atoms with Crippen LogP contribution < -0.4 is 15.4 Å². The third-order valence-electron chi connectivity index (χ3n) is 3.41. The maximum Gasteiger partial charge on any atom is 0.319 e. The standard InChI is InChI=1S/C16H18BrN3O3S/c1-11(14-5-3-4-6-15(14)17)19-16(21)20-12-7-9-13(10-8-12)24(22,23)18-2/h3-11,18H,1-2H3,(H2,19,20,21). The summed E-state index contributed by atoms with van der Waals surface area (Å²) < 4.78 is 26.5. The van der Waals surface area contributed by atoms with Gasteiger partial charge in [0, 0.05) is 10.2 Å². The summed E-state index contributed by atoms with van der Waals surface area (Å²) in [5, 5.41) is 5.51. The van der Waals surface area contributed by atoms with E-state index in [4.69, 9.17) is 0 Å². The van der Waals surface area contributed by atoms with Gasteiger partial charge in [-0.2, -0.15) is 0 Å². The minimum Gasteiger partial charge on any atom is -0.331 e. The van der Waals surface area contributed by atoms with Crippen LogP contribution in [-0.4, -0.2) is 21.5 Å². The average molecular weight is 412 g/mol. The van der Waals surface area contributed by atoms with Crippen LogP contribution in [0, 0.1) is 0 Å². The van der Waals surface area contributed by atoms with Crippen LogP contribution in [0.3, 0.4) is 0 Å². The molecule has 2 aromatic rings. The summed E-state index contributed by atoms with van der Waals surface area (Å²) in [7, 11) is -2.14. The van der Waals surface area contributed by atoms with E-state index >= 15 is 0 Å². The fourth-order valence-electron chi connectivity index (χ4n) is 2.10. The number of carbonyl (C=O) groups excluding carboxylic acids is 1. The topological polar surface area (TPSA) is 87.3 Å². The molecule has 0 aromatic heterocycles. The molecular weight excluding hydrogens is 394 g/mol. The summed E-state index contributed by atoms with van der Waals surface area (Å²) in [5.74, 6) is 0. The Labute approximate surface area is 149 Å². The lowest BCUT2D eigenvalue weighted by atomic mass is 10.1. The van der Waals surface area contributed by atoms with Crippen molar-refractivity contribution in [2.24, 2.45) is 0 Å². The molecular formula is C16H18BrN3O3S. The minimum atomic E-state index is -3.49. The van der Waals surface area contributed by atoms with Gasteiger partial charge in [-0.15, -0.1) is 0 Å². The van der Waals surface area contributed by atoms with Crippen LogP contribution in [0.25, 0.3) is 0 Å². The summed E-state index contributed by atoms with van der Waals surface area (Å²) in [5.41, 5.74) is 1.46. The van der Waals surface area contributed by atoms with E-state index in [2.05, 4.69) is 31.3 Å². The lowest BCUT2D eigenvalue weighted by Gasteiger charge is -2.16. The predicted molar refractivity (Wildman–Crippen MR) is 97.4 cm³/mol. The molecule has 0 fully saturated rings. The number of urea groups is 1. The molecule has 8 heteroatoms. The molecule has 2 rings (SSSR count). The first kappa shape index (κ1) is 18.4. The highest BCUT2D eigenvalue weighted by Gasteiger charge is 2.13. The van der Waals surface area contributed by atoms with E-state index in [0.717, 1.165) is 10.0 Å². The number of nitrogens with one attached hydrogen (secondary N) is 3. The SMILES string of the molecule is CNS(=O)(=O)c1ccc(NC(=O)NC(C)c2ccccc2Br)cc1. The van der Waals surface area contributed by atoms with Gasteiger partial charge in [-0.1, -0.05) is 34.1 Å². The van der Waals surface area contributed by atoms with Crippen molar-refractivity contribution >= 4 is 37.7 Å². The minimum absolute atomic E-state index is 0.137.